The van der Waals surface area contributed by atoms with E-state index in [1.165, 1.54) is 44.9 Å². The van der Waals surface area contributed by atoms with Crippen molar-refractivity contribution in [3.8, 4) is 0 Å². The summed E-state index contributed by atoms with van der Waals surface area (Å²) >= 11 is 10.1. The first-order chi connectivity index (χ1) is 34.1. The molecule has 386 valence electrons. The molecular weight excluding hydrogens is 1110 g/mol. The Morgan fingerprint density at radius 3 is 1.36 bits per heavy atom. The summed E-state index contributed by atoms with van der Waals surface area (Å²) in [6.07, 6.45) is 23.9. The van der Waals surface area contributed by atoms with Gasteiger partial charge in [-0.25, -0.2) is 0 Å². The van der Waals surface area contributed by atoms with E-state index in [0.29, 0.717) is 0 Å². The molecule has 4 aliphatic carbocycles. The maximum absolute atomic E-state index is 11.2. The van der Waals surface area contributed by atoms with Crippen molar-refractivity contribution in [3.63, 3.8) is 0 Å². The van der Waals surface area contributed by atoms with Gasteiger partial charge < -0.3 is 27.9 Å². The van der Waals surface area contributed by atoms with E-state index < -0.39 is 14.0 Å². The van der Waals surface area contributed by atoms with E-state index >= 15 is 0 Å². The van der Waals surface area contributed by atoms with Crippen molar-refractivity contribution in [2.24, 2.45) is 0 Å². The fraction of sp³-hybridized carbons (Fsp3) is 0.482. The van der Waals surface area contributed by atoms with Crippen LogP contribution in [-0.4, -0.2) is 80.5 Å². The first-order valence-electron chi connectivity index (χ1n) is 25.3. The lowest BCUT2D eigenvalue weighted by atomic mass is 9.49. The summed E-state index contributed by atoms with van der Waals surface area (Å²) in [5, 5.41) is 0. The number of rotatable bonds is 5. The van der Waals surface area contributed by atoms with Crippen molar-refractivity contribution in [2.75, 3.05) is 0 Å². The average Bonchev–Trinajstić information content (AvgIpc) is 4.18. The molecule has 11 rings (SSSR count). The molecule has 7 heterocycles. The molecule has 0 atom stereocenters. The zero-order valence-corrected chi connectivity index (χ0v) is 50.0. The monoisotopic (exact) mass is 1180 g/mol. The molecule has 0 bridgehead atoms. The topological polar surface area (TPSA) is 124 Å². The Morgan fingerprint density at radius 2 is 0.890 bits per heavy atom. The van der Waals surface area contributed by atoms with Gasteiger partial charge in [-0.05, 0) is 191 Å². The van der Waals surface area contributed by atoms with Crippen molar-refractivity contribution in [3.05, 3.63) is 132 Å². The van der Waals surface area contributed by atoms with Crippen LogP contribution in [0.15, 0.2) is 86.8 Å². The highest BCUT2D eigenvalue weighted by Crippen LogP contribution is 2.43. The van der Waals surface area contributed by atoms with Gasteiger partial charge in [0.1, 0.15) is 0 Å². The number of Topliss-reactive ketones (excluding diaryl/α,β-unsaturated/α-hetero) is 1. The van der Waals surface area contributed by atoms with E-state index in [4.69, 9.17) is 27.9 Å². The van der Waals surface area contributed by atoms with Gasteiger partial charge in [-0.3, -0.25) is 24.7 Å². The van der Waals surface area contributed by atoms with Crippen LogP contribution in [-0.2, 0) is 58.4 Å². The van der Waals surface area contributed by atoms with Crippen molar-refractivity contribution >= 4 is 103 Å². The highest BCUT2D eigenvalue weighted by atomic mass is 79.9. The Labute approximate surface area is 460 Å². The molecular formula is C56H70B3Br3N4O7. The molecule has 0 N–H and O–H groups in total. The second kappa shape index (κ2) is 22.3. The molecule has 3 aliphatic heterocycles. The molecule has 0 unspecified atom stereocenters. The van der Waals surface area contributed by atoms with Crippen LogP contribution in [0.4, 0.5) is 0 Å². The Balaban J connectivity index is 0.000000136. The van der Waals surface area contributed by atoms with Crippen LogP contribution >= 0.6 is 47.8 Å². The maximum atomic E-state index is 11.2. The van der Waals surface area contributed by atoms with Gasteiger partial charge in [-0.2, -0.15) is 0 Å². The molecule has 17 heteroatoms. The molecule has 0 aromatic carbocycles. The molecule has 4 aromatic rings. The number of carbonyl (C=O) groups excluding carboxylic acids is 1. The normalized spacial score (nSPS) is 20.8. The van der Waals surface area contributed by atoms with Crippen molar-refractivity contribution in [1.82, 2.24) is 19.9 Å². The van der Waals surface area contributed by atoms with Gasteiger partial charge >= 0.3 is 21.1 Å². The zero-order valence-electron chi connectivity index (χ0n) is 45.3. The Hall–Kier alpha value is -3.38. The number of halogens is 3. The van der Waals surface area contributed by atoms with Crippen LogP contribution < -0.4 is 5.46 Å². The number of hydrogen-bond acceptors (Lipinski definition) is 11. The van der Waals surface area contributed by atoms with Gasteiger partial charge in [-0.1, -0.05) is 50.3 Å². The van der Waals surface area contributed by atoms with E-state index in [9.17, 15) is 4.79 Å². The lowest BCUT2D eigenvalue weighted by molar-refractivity contribution is -0.111. The van der Waals surface area contributed by atoms with E-state index in [-0.39, 0.29) is 46.5 Å². The number of carbonyl (C=O) groups is 1. The number of pyridine rings is 4. The van der Waals surface area contributed by atoms with E-state index in [2.05, 4.69) is 152 Å². The number of aromatic nitrogens is 4. The van der Waals surface area contributed by atoms with Crippen LogP contribution in [0.3, 0.4) is 0 Å². The minimum atomic E-state index is -0.476. The second-order valence-corrected chi connectivity index (χ2v) is 24.9. The van der Waals surface area contributed by atoms with Gasteiger partial charge in [0.05, 0.1) is 56.4 Å². The molecule has 3 saturated heterocycles. The van der Waals surface area contributed by atoms with Crippen LogP contribution in [0.5, 0.6) is 0 Å². The molecule has 3 fully saturated rings. The lowest BCUT2D eigenvalue weighted by Crippen LogP contribution is -2.41. The lowest BCUT2D eigenvalue weighted by Gasteiger charge is -2.32. The van der Waals surface area contributed by atoms with Gasteiger partial charge in [0.2, 0.25) is 0 Å². The van der Waals surface area contributed by atoms with E-state index in [1.54, 1.807) is 13.1 Å². The Kier molecular flexibility index (Phi) is 17.5. The largest absolute Gasteiger partial charge is 0.496 e. The third-order valence-electron chi connectivity index (χ3n) is 15.4. The summed E-state index contributed by atoms with van der Waals surface area (Å²) in [5.41, 5.74) is 11.9. The molecule has 11 nitrogen and oxygen atoms in total. The van der Waals surface area contributed by atoms with Crippen molar-refractivity contribution in [1.29, 1.82) is 0 Å². The highest BCUT2D eigenvalue weighted by Gasteiger charge is 2.63. The summed E-state index contributed by atoms with van der Waals surface area (Å²) in [6, 6.07) is 8.38. The SMILES string of the molecule is Brc1cnc2c(c1)C=CC2.CC(=O)C1=CCc2ncc(Br)cc21.CC1(C)OB(B2OC(C)(C)C(C)(C)O2)OC1(C)C.CCC1=CCc2ncc(B3OC(C)(C)C(C)(C)O3)cc21.CCC1=CCc2ncc(Br)cc21. The fourth-order valence-electron chi connectivity index (χ4n) is 8.90. The molecule has 4 aromatic heterocycles. The van der Waals surface area contributed by atoms with E-state index in [0.717, 1.165) is 74.2 Å². The molecule has 7 aliphatic rings. The predicted octanol–water partition coefficient (Wildman–Crippen LogP) is 13.0. The fourth-order valence-corrected chi connectivity index (χ4v) is 9.91. The second-order valence-electron chi connectivity index (χ2n) is 22.1. The summed E-state index contributed by atoms with van der Waals surface area (Å²) in [5.74, 6) is 0.110. The minimum absolute atomic E-state index is 0.110. The summed E-state index contributed by atoms with van der Waals surface area (Å²) < 4.78 is 39.1. The quantitative estimate of drug-likeness (QED) is 0.177. The summed E-state index contributed by atoms with van der Waals surface area (Å²) in [7, 11) is -1.27. The number of nitrogens with zero attached hydrogens (tertiary/aromatic N) is 4. The first kappa shape index (κ1) is 57.3. The molecule has 0 saturated carbocycles. The molecule has 0 spiro atoms. The smallest absolute Gasteiger partial charge is 0.405 e. The number of fused-ring (bicyclic) bond motifs is 4. The summed E-state index contributed by atoms with van der Waals surface area (Å²) in [4.78, 5) is 28.6. The first-order valence-corrected chi connectivity index (χ1v) is 27.7. The maximum Gasteiger partial charge on any atom is 0.496 e. The molecule has 0 amide bonds. The van der Waals surface area contributed by atoms with Gasteiger partial charge in [-0.15, -0.1) is 0 Å². The minimum Gasteiger partial charge on any atom is -0.405 e. The zero-order chi connectivity index (χ0) is 53.5. The highest BCUT2D eigenvalue weighted by molar-refractivity contribution is 9.11. The number of hydrogen-bond donors (Lipinski definition) is 0. The van der Waals surface area contributed by atoms with Crippen molar-refractivity contribution in [2.45, 2.75) is 176 Å². The van der Waals surface area contributed by atoms with Crippen molar-refractivity contribution < 1.29 is 32.7 Å². The standard InChI is InChI=1S/C16H22BNO2.C12H24B2O4.C10H8BrNO.C10H10BrN.C8H6BrN/c1-6-11-7-8-14-13(11)9-12(10-18-14)17-19-15(2,3)16(4,5)20-17;1-9(2)10(3,4)16-13(15-9)14-17-11(5,6)12(7,8)18-14;1-6(13)8-2-3-10-9(8)4-7(11)5-12-10;1-2-7-3-4-10-9(7)5-8(11)6-12-10;9-7-4-6-2-1-3-8(6)10-5-7/h7,9-10H,6,8H2,1-5H3;1-8H3;2,4-5H,3H2,1H3;3,5-6H,2,4H2,1H3;1-2,4-5H,3H2. The van der Waals surface area contributed by atoms with Gasteiger partial charge in [0, 0.05) is 86.1 Å². The Bertz CT molecular complexity index is 2780. The van der Waals surface area contributed by atoms with Gasteiger partial charge in [0.15, 0.2) is 5.78 Å². The van der Waals surface area contributed by atoms with Gasteiger partial charge in [0.25, 0.3) is 0 Å². The number of allylic oxidation sites excluding steroid dienone is 7. The summed E-state index contributed by atoms with van der Waals surface area (Å²) in [6.45, 7) is 30.5. The Morgan fingerprint density at radius 1 is 0.507 bits per heavy atom. The predicted molar refractivity (Wildman–Crippen MR) is 307 cm³/mol. The van der Waals surface area contributed by atoms with Crippen LogP contribution in [0.25, 0.3) is 22.8 Å². The average molecular weight is 1180 g/mol. The third kappa shape index (κ3) is 12.7. The number of ketones is 1. The van der Waals surface area contributed by atoms with E-state index in [1.807, 2.05) is 86.1 Å². The van der Waals surface area contributed by atoms with Crippen LogP contribution in [0, 0.1) is 0 Å². The molecule has 0 radical (unpaired) electrons. The van der Waals surface area contributed by atoms with Crippen LogP contribution in [0.1, 0.15) is 162 Å². The third-order valence-corrected chi connectivity index (χ3v) is 16.7. The molecule has 73 heavy (non-hydrogen) atoms. The van der Waals surface area contributed by atoms with Crippen LogP contribution in [0.2, 0.25) is 0 Å².